The molecule has 3 nitrogen and oxygen atoms in total. The van der Waals surface area contributed by atoms with E-state index in [4.69, 9.17) is 0 Å². The van der Waals surface area contributed by atoms with Crippen molar-refractivity contribution in [3.05, 3.63) is 42.0 Å². The third-order valence-electron chi connectivity index (χ3n) is 4.59. The molecule has 0 atom stereocenters. The van der Waals surface area contributed by atoms with Gasteiger partial charge in [-0.1, -0.05) is 49.6 Å². The number of aromatic hydroxyl groups is 1. The number of rotatable bonds is 4. The van der Waals surface area contributed by atoms with Gasteiger partial charge in [0.15, 0.2) is 0 Å². The Morgan fingerprint density at radius 2 is 1.86 bits per heavy atom. The van der Waals surface area contributed by atoms with Crippen LogP contribution in [0.3, 0.4) is 0 Å². The van der Waals surface area contributed by atoms with Crippen LogP contribution in [0.25, 0.3) is 10.8 Å². The maximum atomic E-state index is 12.1. The van der Waals surface area contributed by atoms with Crippen LogP contribution in [-0.4, -0.2) is 17.1 Å². The van der Waals surface area contributed by atoms with Crippen molar-refractivity contribution < 1.29 is 9.90 Å². The van der Waals surface area contributed by atoms with Crippen LogP contribution in [0.15, 0.2) is 36.4 Å². The lowest BCUT2D eigenvalue weighted by Gasteiger charge is -2.22. The molecule has 0 heterocycles. The first-order valence-corrected chi connectivity index (χ1v) is 8.23. The number of hydrogen-bond acceptors (Lipinski definition) is 2. The van der Waals surface area contributed by atoms with Crippen LogP contribution < -0.4 is 5.32 Å². The van der Waals surface area contributed by atoms with Crippen molar-refractivity contribution in [3.8, 4) is 5.75 Å². The van der Waals surface area contributed by atoms with Crippen molar-refractivity contribution in [2.75, 3.05) is 0 Å². The number of carbonyl (C=O) groups excluding carboxylic acids is 1. The van der Waals surface area contributed by atoms with E-state index < -0.39 is 0 Å². The quantitative estimate of drug-likeness (QED) is 0.898. The molecule has 22 heavy (non-hydrogen) atoms. The van der Waals surface area contributed by atoms with Crippen LogP contribution in [0.1, 0.15) is 44.1 Å². The standard InChI is InChI=1S/C19H23NO2/c21-18-12-10-14-6-4-5-9-16(14)17(18)11-13-19(22)20-15-7-2-1-3-8-15/h4-6,9-10,12,15,21H,1-3,7-8,11,13H2,(H,20,22). The number of amides is 1. The summed E-state index contributed by atoms with van der Waals surface area (Å²) < 4.78 is 0. The van der Waals surface area contributed by atoms with Gasteiger partial charge in [0.1, 0.15) is 5.75 Å². The minimum atomic E-state index is 0.0965. The summed E-state index contributed by atoms with van der Waals surface area (Å²) >= 11 is 0. The molecule has 0 bridgehead atoms. The lowest BCUT2D eigenvalue weighted by molar-refractivity contribution is -0.121. The average Bonchev–Trinajstić information content (AvgIpc) is 2.55. The molecule has 0 radical (unpaired) electrons. The molecule has 3 heteroatoms. The molecular formula is C19H23NO2. The third kappa shape index (κ3) is 3.41. The van der Waals surface area contributed by atoms with E-state index in [1.165, 1.54) is 19.3 Å². The molecule has 1 aliphatic rings. The minimum absolute atomic E-state index is 0.0965. The topological polar surface area (TPSA) is 49.3 Å². The number of carbonyl (C=O) groups is 1. The zero-order valence-electron chi connectivity index (χ0n) is 12.8. The fourth-order valence-electron chi connectivity index (χ4n) is 3.37. The van der Waals surface area contributed by atoms with E-state index in [1.807, 2.05) is 30.3 Å². The second kappa shape index (κ2) is 6.82. The van der Waals surface area contributed by atoms with Gasteiger partial charge in [0, 0.05) is 18.0 Å². The Morgan fingerprint density at radius 1 is 1.09 bits per heavy atom. The summed E-state index contributed by atoms with van der Waals surface area (Å²) in [4.78, 5) is 12.1. The SMILES string of the molecule is O=C(CCc1c(O)ccc2ccccc12)NC1CCCCC1. The highest BCUT2D eigenvalue weighted by Crippen LogP contribution is 2.28. The Morgan fingerprint density at radius 3 is 2.68 bits per heavy atom. The second-order valence-corrected chi connectivity index (χ2v) is 6.19. The Balaban J connectivity index is 1.65. The van der Waals surface area contributed by atoms with E-state index in [-0.39, 0.29) is 11.7 Å². The molecule has 2 aromatic carbocycles. The summed E-state index contributed by atoms with van der Waals surface area (Å²) in [7, 11) is 0. The zero-order valence-corrected chi connectivity index (χ0v) is 12.8. The van der Waals surface area contributed by atoms with Gasteiger partial charge in [-0.3, -0.25) is 4.79 Å². The highest BCUT2D eigenvalue weighted by molar-refractivity contribution is 5.88. The molecule has 116 valence electrons. The van der Waals surface area contributed by atoms with Crippen LogP contribution in [0, 0.1) is 0 Å². The first-order valence-electron chi connectivity index (χ1n) is 8.23. The Kier molecular flexibility index (Phi) is 4.62. The molecule has 1 aliphatic carbocycles. The number of phenols is 1. The predicted octanol–water partition coefficient (Wildman–Crippen LogP) is 3.93. The fourth-order valence-corrected chi connectivity index (χ4v) is 3.37. The summed E-state index contributed by atoms with van der Waals surface area (Å²) in [5, 5.41) is 15.4. The Bertz CT molecular complexity index is 660. The van der Waals surface area contributed by atoms with Crippen LogP contribution in [0.2, 0.25) is 0 Å². The smallest absolute Gasteiger partial charge is 0.220 e. The average molecular weight is 297 g/mol. The summed E-state index contributed by atoms with van der Waals surface area (Å²) in [5.74, 6) is 0.378. The highest BCUT2D eigenvalue weighted by atomic mass is 16.3. The number of fused-ring (bicyclic) bond motifs is 1. The van der Waals surface area contributed by atoms with Crippen molar-refractivity contribution in [1.29, 1.82) is 0 Å². The highest BCUT2D eigenvalue weighted by Gasteiger charge is 2.16. The van der Waals surface area contributed by atoms with E-state index in [9.17, 15) is 9.90 Å². The third-order valence-corrected chi connectivity index (χ3v) is 4.59. The Hall–Kier alpha value is -2.03. The molecule has 0 aromatic heterocycles. The summed E-state index contributed by atoms with van der Waals surface area (Å²) in [6.07, 6.45) is 6.93. The van der Waals surface area contributed by atoms with Crippen LogP contribution in [0.5, 0.6) is 5.75 Å². The molecular weight excluding hydrogens is 274 g/mol. The molecule has 1 amide bonds. The predicted molar refractivity (Wildman–Crippen MR) is 88.9 cm³/mol. The van der Waals surface area contributed by atoms with Gasteiger partial charge in [0.05, 0.1) is 0 Å². The maximum absolute atomic E-state index is 12.1. The number of aryl methyl sites for hydroxylation is 1. The van der Waals surface area contributed by atoms with Gasteiger partial charge < -0.3 is 10.4 Å². The second-order valence-electron chi connectivity index (χ2n) is 6.19. The normalized spacial score (nSPS) is 15.8. The van der Waals surface area contributed by atoms with E-state index in [0.717, 1.165) is 29.2 Å². The van der Waals surface area contributed by atoms with Crippen LogP contribution >= 0.6 is 0 Å². The lowest BCUT2D eigenvalue weighted by Crippen LogP contribution is -2.36. The van der Waals surface area contributed by atoms with Crippen molar-refractivity contribution in [3.63, 3.8) is 0 Å². The number of phenolic OH excluding ortho intramolecular Hbond substituents is 1. The summed E-state index contributed by atoms with van der Waals surface area (Å²) in [5.41, 5.74) is 0.872. The van der Waals surface area contributed by atoms with Crippen molar-refractivity contribution in [2.45, 2.75) is 51.0 Å². The molecule has 0 spiro atoms. The van der Waals surface area contributed by atoms with E-state index in [2.05, 4.69) is 5.32 Å². The molecule has 0 unspecified atom stereocenters. The molecule has 3 rings (SSSR count). The molecule has 2 aromatic rings. The Labute approximate surface area is 131 Å². The van der Waals surface area contributed by atoms with Gasteiger partial charge in [-0.25, -0.2) is 0 Å². The van der Waals surface area contributed by atoms with Gasteiger partial charge in [0.2, 0.25) is 5.91 Å². The molecule has 0 aliphatic heterocycles. The van der Waals surface area contributed by atoms with E-state index in [0.29, 0.717) is 18.9 Å². The summed E-state index contributed by atoms with van der Waals surface area (Å²) in [6, 6.07) is 12.0. The van der Waals surface area contributed by atoms with Gasteiger partial charge in [-0.15, -0.1) is 0 Å². The maximum Gasteiger partial charge on any atom is 0.220 e. The minimum Gasteiger partial charge on any atom is -0.508 e. The molecule has 1 saturated carbocycles. The molecule has 2 N–H and O–H groups in total. The van der Waals surface area contributed by atoms with Crippen molar-refractivity contribution >= 4 is 16.7 Å². The zero-order chi connectivity index (χ0) is 15.4. The largest absolute Gasteiger partial charge is 0.508 e. The monoisotopic (exact) mass is 297 g/mol. The molecule has 1 fully saturated rings. The lowest BCUT2D eigenvalue weighted by atomic mass is 9.95. The van der Waals surface area contributed by atoms with Crippen LogP contribution in [-0.2, 0) is 11.2 Å². The van der Waals surface area contributed by atoms with E-state index >= 15 is 0 Å². The number of hydrogen-bond donors (Lipinski definition) is 2. The van der Waals surface area contributed by atoms with Gasteiger partial charge in [0.25, 0.3) is 0 Å². The van der Waals surface area contributed by atoms with Gasteiger partial charge in [-0.05, 0) is 36.1 Å². The van der Waals surface area contributed by atoms with Crippen LogP contribution in [0.4, 0.5) is 0 Å². The van der Waals surface area contributed by atoms with E-state index in [1.54, 1.807) is 6.07 Å². The number of benzene rings is 2. The molecule has 0 saturated heterocycles. The fraction of sp³-hybridized carbons (Fsp3) is 0.421. The first kappa shape index (κ1) is 14.9. The van der Waals surface area contributed by atoms with Gasteiger partial charge in [-0.2, -0.15) is 0 Å². The van der Waals surface area contributed by atoms with Crippen molar-refractivity contribution in [1.82, 2.24) is 5.32 Å². The van der Waals surface area contributed by atoms with Crippen molar-refractivity contribution in [2.24, 2.45) is 0 Å². The number of nitrogens with one attached hydrogen (secondary N) is 1. The van der Waals surface area contributed by atoms with Gasteiger partial charge >= 0.3 is 0 Å². The summed E-state index contributed by atoms with van der Waals surface area (Å²) in [6.45, 7) is 0. The first-order chi connectivity index (χ1) is 10.7.